The van der Waals surface area contributed by atoms with Crippen LogP contribution in [0.5, 0.6) is 0 Å². The zero-order chi connectivity index (χ0) is 13.5. The Morgan fingerprint density at radius 1 is 1.18 bits per heavy atom. The molecule has 0 rings (SSSR count). The van der Waals surface area contributed by atoms with E-state index < -0.39 is 0 Å². The van der Waals surface area contributed by atoms with E-state index in [1.54, 1.807) is 0 Å². The van der Waals surface area contributed by atoms with Crippen LogP contribution in [0.25, 0.3) is 0 Å². The van der Waals surface area contributed by atoms with Gasteiger partial charge in [0.15, 0.2) is 0 Å². The third kappa shape index (κ3) is 5.84. The minimum Gasteiger partial charge on any atom is -0.396 e. The summed E-state index contributed by atoms with van der Waals surface area (Å²) in [5, 5.41) is 13.2. The van der Waals surface area contributed by atoms with Crippen LogP contribution in [0.4, 0.5) is 0 Å². The molecular weight excluding hydrogens is 212 g/mol. The summed E-state index contributed by atoms with van der Waals surface area (Å²) in [6.07, 6.45) is 2.06. The first-order valence-corrected chi connectivity index (χ1v) is 6.89. The average molecular weight is 244 g/mol. The number of likely N-dealkylation sites (N-methyl/N-ethyl adjacent to an activating group) is 1. The summed E-state index contributed by atoms with van der Waals surface area (Å²) in [4.78, 5) is 2.22. The van der Waals surface area contributed by atoms with E-state index in [0.29, 0.717) is 12.0 Å². The molecule has 1 atom stereocenters. The summed E-state index contributed by atoms with van der Waals surface area (Å²) < 4.78 is 0. The monoisotopic (exact) mass is 244 g/mol. The number of nitrogens with zero attached hydrogens (tertiary/aromatic N) is 1. The van der Waals surface area contributed by atoms with Crippen LogP contribution >= 0.6 is 0 Å². The van der Waals surface area contributed by atoms with E-state index in [2.05, 4.69) is 52.0 Å². The summed E-state index contributed by atoms with van der Waals surface area (Å²) in [5.74, 6) is 0.613. The van der Waals surface area contributed by atoms with E-state index in [4.69, 9.17) is 0 Å². The zero-order valence-corrected chi connectivity index (χ0v) is 12.6. The van der Waals surface area contributed by atoms with Gasteiger partial charge in [0.05, 0.1) is 0 Å². The van der Waals surface area contributed by atoms with Gasteiger partial charge < -0.3 is 15.3 Å². The number of aliphatic hydroxyl groups is 1. The quantitative estimate of drug-likeness (QED) is 0.651. The molecule has 0 aromatic heterocycles. The minimum atomic E-state index is 0.0550. The lowest BCUT2D eigenvalue weighted by molar-refractivity contribution is 0.105. The third-order valence-corrected chi connectivity index (χ3v) is 3.94. The van der Waals surface area contributed by atoms with Crippen LogP contribution in [-0.4, -0.2) is 49.8 Å². The molecular formula is C14H32N2O. The largest absolute Gasteiger partial charge is 0.396 e. The Bertz CT molecular complexity index is 180. The molecule has 0 aliphatic rings. The first kappa shape index (κ1) is 16.9. The van der Waals surface area contributed by atoms with Crippen LogP contribution in [0.1, 0.15) is 40.5 Å². The Hall–Kier alpha value is -0.120. The summed E-state index contributed by atoms with van der Waals surface area (Å²) in [6, 6.07) is 0.494. The van der Waals surface area contributed by atoms with Gasteiger partial charge in [-0.05, 0) is 32.9 Å². The van der Waals surface area contributed by atoms with Crippen molar-refractivity contribution in [1.29, 1.82) is 0 Å². The fourth-order valence-corrected chi connectivity index (χ4v) is 2.03. The number of hydrogen-bond donors (Lipinski definition) is 2. The van der Waals surface area contributed by atoms with Crippen LogP contribution in [0.2, 0.25) is 0 Å². The van der Waals surface area contributed by atoms with Gasteiger partial charge in [-0.25, -0.2) is 0 Å². The predicted molar refractivity (Wildman–Crippen MR) is 75.3 cm³/mol. The van der Waals surface area contributed by atoms with Gasteiger partial charge in [-0.2, -0.15) is 0 Å². The fourth-order valence-electron chi connectivity index (χ4n) is 2.03. The number of nitrogens with one attached hydrogen (secondary N) is 1. The third-order valence-electron chi connectivity index (χ3n) is 3.94. The van der Waals surface area contributed by atoms with Gasteiger partial charge in [-0.3, -0.25) is 0 Å². The average Bonchev–Trinajstić information content (AvgIpc) is 2.29. The van der Waals surface area contributed by atoms with Crippen molar-refractivity contribution in [2.45, 2.75) is 46.6 Å². The molecule has 0 aliphatic heterocycles. The number of hydrogen-bond acceptors (Lipinski definition) is 3. The number of rotatable bonds is 9. The summed E-state index contributed by atoms with van der Waals surface area (Å²) in [7, 11) is 4.21. The highest BCUT2D eigenvalue weighted by molar-refractivity contribution is 4.82. The maximum absolute atomic E-state index is 9.56. The first-order valence-electron chi connectivity index (χ1n) is 6.89. The van der Waals surface area contributed by atoms with Crippen molar-refractivity contribution >= 4 is 0 Å². The zero-order valence-electron chi connectivity index (χ0n) is 12.6. The second-order valence-corrected chi connectivity index (χ2v) is 5.86. The maximum atomic E-state index is 9.56. The lowest BCUT2D eigenvalue weighted by Gasteiger charge is -2.34. The van der Waals surface area contributed by atoms with E-state index in [-0.39, 0.29) is 12.0 Å². The van der Waals surface area contributed by atoms with E-state index in [1.807, 2.05) is 0 Å². The second-order valence-electron chi connectivity index (χ2n) is 5.86. The van der Waals surface area contributed by atoms with Crippen molar-refractivity contribution in [1.82, 2.24) is 10.2 Å². The van der Waals surface area contributed by atoms with E-state index in [9.17, 15) is 5.11 Å². The minimum absolute atomic E-state index is 0.0550. The molecule has 0 heterocycles. The molecule has 3 heteroatoms. The van der Waals surface area contributed by atoms with Crippen LogP contribution in [0.3, 0.4) is 0 Å². The second kappa shape index (κ2) is 8.06. The Morgan fingerprint density at radius 3 is 2.00 bits per heavy atom. The molecule has 0 aromatic rings. The Balaban J connectivity index is 4.36. The molecule has 0 aromatic carbocycles. The Kier molecular flexibility index (Phi) is 8.01. The molecule has 104 valence electrons. The topological polar surface area (TPSA) is 35.5 Å². The highest BCUT2D eigenvalue weighted by Crippen LogP contribution is 2.24. The summed E-state index contributed by atoms with van der Waals surface area (Å²) in [5.41, 5.74) is 0.0550. The first-order chi connectivity index (χ1) is 7.90. The Labute approximate surface area is 108 Å². The molecule has 0 saturated heterocycles. The molecule has 3 nitrogen and oxygen atoms in total. The van der Waals surface area contributed by atoms with Gasteiger partial charge in [0.25, 0.3) is 0 Å². The predicted octanol–water partition coefficient (Wildman–Crippen LogP) is 1.96. The van der Waals surface area contributed by atoms with Crippen molar-refractivity contribution in [3.05, 3.63) is 0 Å². The molecule has 1 unspecified atom stereocenters. The summed E-state index contributed by atoms with van der Waals surface area (Å²) in [6.45, 7) is 11.1. The highest BCUT2D eigenvalue weighted by Gasteiger charge is 2.26. The van der Waals surface area contributed by atoms with Crippen molar-refractivity contribution in [3.8, 4) is 0 Å². The smallest absolute Gasteiger partial charge is 0.0499 e. The molecule has 0 amide bonds. The highest BCUT2D eigenvalue weighted by atomic mass is 16.3. The molecule has 0 fully saturated rings. The molecule has 2 N–H and O–H groups in total. The molecule has 0 radical (unpaired) electrons. The lowest BCUT2D eigenvalue weighted by Crippen LogP contribution is -2.47. The number of aliphatic hydroxyl groups excluding tert-OH is 1. The fraction of sp³-hybridized carbons (Fsp3) is 1.00. The van der Waals surface area contributed by atoms with Gasteiger partial charge in [0.2, 0.25) is 0 Å². The molecule has 0 spiro atoms. The van der Waals surface area contributed by atoms with Gasteiger partial charge in [-0.1, -0.05) is 27.7 Å². The Morgan fingerprint density at radius 2 is 1.71 bits per heavy atom. The van der Waals surface area contributed by atoms with Gasteiger partial charge in [-0.15, -0.1) is 0 Å². The van der Waals surface area contributed by atoms with Crippen LogP contribution < -0.4 is 5.32 Å². The van der Waals surface area contributed by atoms with Crippen LogP contribution in [0.15, 0.2) is 0 Å². The SMILES string of the molecule is CCC(CC)(CO)CNC(CN(C)C)C(C)C. The molecule has 17 heavy (non-hydrogen) atoms. The molecule has 0 aliphatic carbocycles. The van der Waals surface area contributed by atoms with Crippen molar-refractivity contribution in [2.75, 3.05) is 33.8 Å². The van der Waals surface area contributed by atoms with Crippen molar-refractivity contribution in [3.63, 3.8) is 0 Å². The normalized spacial score (nSPS) is 14.6. The van der Waals surface area contributed by atoms with Crippen LogP contribution in [-0.2, 0) is 0 Å². The van der Waals surface area contributed by atoms with Gasteiger partial charge in [0, 0.05) is 31.2 Å². The lowest BCUT2D eigenvalue weighted by atomic mass is 9.82. The standard InChI is InChI=1S/C14H32N2O/c1-7-14(8-2,11-17)10-15-13(12(3)4)9-16(5)6/h12-13,15,17H,7-11H2,1-6H3. The van der Waals surface area contributed by atoms with E-state index in [1.165, 1.54) is 0 Å². The molecule has 0 bridgehead atoms. The maximum Gasteiger partial charge on any atom is 0.0499 e. The van der Waals surface area contributed by atoms with Crippen LogP contribution in [0, 0.1) is 11.3 Å². The van der Waals surface area contributed by atoms with E-state index in [0.717, 1.165) is 25.9 Å². The van der Waals surface area contributed by atoms with E-state index >= 15 is 0 Å². The van der Waals surface area contributed by atoms with Crippen molar-refractivity contribution in [2.24, 2.45) is 11.3 Å². The summed E-state index contributed by atoms with van der Waals surface area (Å²) >= 11 is 0. The molecule has 0 saturated carbocycles. The van der Waals surface area contributed by atoms with Gasteiger partial charge in [0.1, 0.15) is 0 Å². The van der Waals surface area contributed by atoms with Gasteiger partial charge >= 0.3 is 0 Å². The van der Waals surface area contributed by atoms with Crippen molar-refractivity contribution < 1.29 is 5.11 Å².